The van der Waals surface area contributed by atoms with Crippen LogP contribution in [0.25, 0.3) is 0 Å². The van der Waals surface area contributed by atoms with Crippen LogP contribution in [-0.4, -0.2) is 17.9 Å². The van der Waals surface area contributed by atoms with Crippen molar-refractivity contribution < 1.29 is 18.0 Å². The zero-order chi connectivity index (χ0) is 14.6. The molecule has 1 aliphatic rings. The molecule has 110 valence electrons. The van der Waals surface area contributed by atoms with Gasteiger partial charge in [0.25, 0.3) is 0 Å². The fourth-order valence-electron chi connectivity index (χ4n) is 2.39. The SMILES string of the molecule is O=C(CCc1ccc(F)cc1)NC1CCC(F)(F)CC1. The fraction of sp³-hybridized carbons (Fsp3) is 0.533. The molecular weight excluding hydrogens is 267 g/mol. The quantitative estimate of drug-likeness (QED) is 0.902. The maximum atomic E-state index is 13.0. The van der Waals surface area contributed by atoms with Crippen LogP contribution in [0.5, 0.6) is 0 Å². The largest absolute Gasteiger partial charge is 0.353 e. The molecule has 2 nitrogen and oxygen atoms in total. The number of halogens is 3. The number of alkyl halides is 2. The molecule has 0 aliphatic heterocycles. The summed E-state index contributed by atoms with van der Waals surface area (Å²) in [5.41, 5.74) is 0.886. The lowest BCUT2D eigenvalue weighted by atomic mass is 9.92. The average molecular weight is 285 g/mol. The maximum absolute atomic E-state index is 13.0. The second-order valence-electron chi connectivity index (χ2n) is 5.32. The lowest BCUT2D eigenvalue weighted by molar-refractivity contribution is -0.122. The Labute approximate surface area is 116 Å². The Morgan fingerprint density at radius 3 is 2.40 bits per heavy atom. The highest BCUT2D eigenvalue weighted by Gasteiger charge is 2.35. The van der Waals surface area contributed by atoms with Crippen molar-refractivity contribution in [2.45, 2.75) is 50.5 Å². The summed E-state index contributed by atoms with van der Waals surface area (Å²) in [5.74, 6) is -3.01. The van der Waals surface area contributed by atoms with Gasteiger partial charge in [0.05, 0.1) is 0 Å². The Kier molecular flexibility index (Phi) is 4.68. The Bertz CT molecular complexity index is 449. The molecule has 5 heteroatoms. The number of carbonyl (C=O) groups excluding carboxylic acids is 1. The van der Waals surface area contributed by atoms with E-state index in [0.717, 1.165) is 5.56 Å². The highest BCUT2D eigenvalue weighted by Crippen LogP contribution is 2.32. The molecule has 1 N–H and O–H groups in total. The molecule has 1 aromatic carbocycles. The van der Waals surface area contributed by atoms with Gasteiger partial charge in [0, 0.05) is 25.3 Å². The summed E-state index contributed by atoms with van der Waals surface area (Å²) < 4.78 is 38.7. The van der Waals surface area contributed by atoms with Crippen molar-refractivity contribution in [2.24, 2.45) is 0 Å². The second kappa shape index (κ2) is 6.29. The van der Waals surface area contributed by atoms with Crippen LogP contribution < -0.4 is 5.32 Å². The van der Waals surface area contributed by atoms with E-state index < -0.39 is 5.92 Å². The monoisotopic (exact) mass is 285 g/mol. The van der Waals surface area contributed by atoms with Gasteiger partial charge >= 0.3 is 0 Å². The highest BCUT2D eigenvalue weighted by atomic mass is 19.3. The predicted octanol–water partition coefficient (Wildman–Crippen LogP) is 3.45. The minimum atomic E-state index is -2.57. The van der Waals surface area contributed by atoms with Crippen molar-refractivity contribution in [1.82, 2.24) is 5.32 Å². The summed E-state index contributed by atoms with van der Waals surface area (Å²) in [7, 11) is 0. The summed E-state index contributed by atoms with van der Waals surface area (Å²) in [6.07, 6.45) is 1.16. The summed E-state index contributed by atoms with van der Waals surface area (Å²) in [6, 6.07) is 5.86. The van der Waals surface area contributed by atoms with Crippen LogP contribution >= 0.6 is 0 Å². The number of amides is 1. The molecule has 0 unspecified atom stereocenters. The van der Waals surface area contributed by atoms with E-state index in [1.807, 2.05) is 0 Å². The zero-order valence-electron chi connectivity index (χ0n) is 11.2. The molecular formula is C15H18F3NO. The molecule has 0 atom stereocenters. The molecule has 0 aromatic heterocycles. The number of nitrogens with one attached hydrogen (secondary N) is 1. The summed E-state index contributed by atoms with van der Waals surface area (Å²) in [5, 5.41) is 2.79. The molecule has 0 heterocycles. The van der Waals surface area contributed by atoms with E-state index in [9.17, 15) is 18.0 Å². The topological polar surface area (TPSA) is 29.1 Å². The lowest BCUT2D eigenvalue weighted by Crippen LogP contribution is -2.40. The molecule has 0 radical (unpaired) electrons. The molecule has 0 spiro atoms. The van der Waals surface area contributed by atoms with E-state index in [1.54, 1.807) is 12.1 Å². The van der Waals surface area contributed by atoms with Gasteiger partial charge in [-0.25, -0.2) is 13.2 Å². The molecule has 1 fully saturated rings. The Morgan fingerprint density at radius 2 is 1.80 bits per heavy atom. The second-order valence-corrected chi connectivity index (χ2v) is 5.32. The van der Waals surface area contributed by atoms with Crippen molar-refractivity contribution >= 4 is 5.91 Å². The first-order chi connectivity index (χ1) is 9.44. The van der Waals surface area contributed by atoms with Gasteiger partial charge in [0.2, 0.25) is 11.8 Å². The van der Waals surface area contributed by atoms with Crippen LogP contribution in [0.3, 0.4) is 0 Å². The lowest BCUT2D eigenvalue weighted by Gasteiger charge is -2.28. The standard InChI is InChI=1S/C15H18F3NO/c16-12-4-1-11(2-5-12)3-6-14(20)19-13-7-9-15(17,18)10-8-13/h1-2,4-5,13H,3,6-10H2,(H,19,20). The van der Waals surface area contributed by atoms with Gasteiger partial charge in [-0.1, -0.05) is 12.1 Å². The summed E-state index contributed by atoms with van der Waals surface area (Å²) >= 11 is 0. The molecule has 1 aliphatic carbocycles. The molecule has 0 saturated heterocycles. The van der Waals surface area contributed by atoms with Gasteiger partial charge in [-0.05, 0) is 37.0 Å². The van der Waals surface area contributed by atoms with E-state index in [1.165, 1.54) is 12.1 Å². The van der Waals surface area contributed by atoms with Crippen LogP contribution in [0.15, 0.2) is 24.3 Å². The highest BCUT2D eigenvalue weighted by molar-refractivity contribution is 5.76. The molecule has 1 saturated carbocycles. The predicted molar refractivity (Wildman–Crippen MR) is 70.1 cm³/mol. The van der Waals surface area contributed by atoms with Crippen molar-refractivity contribution in [3.8, 4) is 0 Å². The summed E-state index contributed by atoms with van der Waals surface area (Å²) in [6.45, 7) is 0. The number of rotatable bonds is 4. The van der Waals surface area contributed by atoms with E-state index in [2.05, 4.69) is 5.32 Å². The number of hydrogen-bond acceptors (Lipinski definition) is 1. The average Bonchev–Trinajstić information content (AvgIpc) is 2.41. The van der Waals surface area contributed by atoms with Crippen molar-refractivity contribution in [3.05, 3.63) is 35.6 Å². The van der Waals surface area contributed by atoms with Gasteiger partial charge < -0.3 is 5.32 Å². The first-order valence-corrected chi connectivity index (χ1v) is 6.86. The van der Waals surface area contributed by atoms with Gasteiger partial charge in [-0.2, -0.15) is 0 Å². The van der Waals surface area contributed by atoms with Crippen LogP contribution in [0, 0.1) is 5.82 Å². The molecule has 2 rings (SSSR count). The number of hydrogen-bond donors (Lipinski definition) is 1. The zero-order valence-corrected chi connectivity index (χ0v) is 11.2. The van der Waals surface area contributed by atoms with Crippen LogP contribution in [0.4, 0.5) is 13.2 Å². The van der Waals surface area contributed by atoms with E-state index in [0.29, 0.717) is 25.7 Å². The molecule has 0 bridgehead atoms. The van der Waals surface area contributed by atoms with Crippen LogP contribution in [0.1, 0.15) is 37.7 Å². The van der Waals surface area contributed by atoms with Crippen molar-refractivity contribution in [2.75, 3.05) is 0 Å². The van der Waals surface area contributed by atoms with Gasteiger partial charge in [0.15, 0.2) is 0 Å². The molecule has 20 heavy (non-hydrogen) atoms. The minimum Gasteiger partial charge on any atom is -0.353 e. The Morgan fingerprint density at radius 1 is 1.20 bits per heavy atom. The van der Waals surface area contributed by atoms with Gasteiger partial charge in [-0.3, -0.25) is 4.79 Å². The number of carbonyl (C=O) groups is 1. The Balaban J connectivity index is 1.72. The fourth-order valence-corrected chi connectivity index (χ4v) is 2.39. The maximum Gasteiger partial charge on any atom is 0.248 e. The first-order valence-electron chi connectivity index (χ1n) is 6.86. The van der Waals surface area contributed by atoms with Crippen LogP contribution in [0.2, 0.25) is 0 Å². The van der Waals surface area contributed by atoms with E-state index in [-0.39, 0.29) is 30.6 Å². The Hall–Kier alpha value is -1.52. The number of benzene rings is 1. The third kappa shape index (κ3) is 4.54. The molecule has 1 amide bonds. The van der Waals surface area contributed by atoms with Crippen molar-refractivity contribution in [1.29, 1.82) is 0 Å². The van der Waals surface area contributed by atoms with E-state index in [4.69, 9.17) is 0 Å². The van der Waals surface area contributed by atoms with Crippen LogP contribution in [-0.2, 0) is 11.2 Å². The smallest absolute Gasteiger partial charge is 0.248 e. The molecule has 1 aromatic rings. The van der Waals surface area contributed by atoms with Crippen molar-refractivity contribution in [3.63, 3.8) is 0 Å². The minimum absolute atomic E-state index is 0.135. The third-order valence-corrected chi connectivity index (χ3v) is 3.64. The normalized spacial score (nSPS) is 18.8. The van der Waals surface area contributed by atoms with Gasteiger partial charge in [0.1, 0.15) is 5.82 Å². The third-order valence-electron chi connectivity index (χ3n) is 3.64. The number of aryl methyl sites for hydroxylation is 1. The van der Waals surface area contributed by atoms with Gasteiger partial charge in [-0.15, -0.1) is 0 Å². The van der Waals surface area contributed by atoms with E-state index >= 15 is 0 Å². The first kappa shape index (κ1) is 14.9. The summed E-state index contributed by atoms with van der Waals surface area (Å²) in [4.78, 5) is 11.7.